The largest absolute Gasteiger partial charge is 0.385 e. The molecule has 0 atom stereocenters. The lowest BCUT2D eigenvalue weighted by molar-refractivity contribution is 0.0116. The zero-order valence-electron chi connectivity index (χ0n) is 13.4. The third-order valence-electron chi connectivity index (χ3n) is 5.11. The Kier molecular flexibility index (Phi) is 3.42. The summed E-state index contributed by atoms with van der Waals surface area (Å²) < 4.78 is 0. The molecule has 0 saturated carbocycles. The molecule has 0 spiro atoms. The van der Waals surface area contributed by atoms with Crippen LogP contribution in [0.25, 0.3) is 5.57 Å². The topological polar surface area (TPSA) is 49.2 Å². The van der Waals surface area contributed by atoms with Crippen molar-refractivity contribution in [2.75, 3.05) is 18.0 Å². The Bertz CT molecular complexity index is 746. The van der Waals surface area contributed by atoms with Crippen LogP contribution in [0.2, 0.25) is 0 Å². The summed E-state index contributed by atoms with van der Waals surface area (Å²) in [6, 6.07) is 10.0. The molecule has 1 aromatic heterocycles. The van der Waals surface area contributed by atoms with Gasteiger partial charge >= 0.3 is 0 Å². The molecule has 2 heterocycles. The molecule has 1 aliphatic heterocycles. The van der Waals surface area contributed by atoms with Crippen molar-refractivity contribution < 1.29 is 5.11 Å². The average molecular weight is 307 g/mol. The lowest BCUT2D eigenvalue weighted by Crippen LogP contribution is -2.43. The monoisotopic (exact) mass is 307 g/mol. The second-order valence-corrected chi connectivity index (χ2v) is 6.50. The summed E-state index contributed by atoms with van der Waals surface area (Å²) in [6.07, 6.45) is 6.24. The fraction of sp³-hybridized carbons (Fsp3) is 0.368. The number of aliphatic hydroxyl groups is 1. The minimum atomic E-state index is -0.720. The van der Waals surface area contributed by atoms with Crippen LogP contribution in [-0.2, 0) is 12.0 Å². The summed E-state index contributed by atoms with van der Waals surface area (Å²) in [5.74, 6) is 1.04. The van der Waals surface area contributed by atoms with Gasteiger partial charge in [0.1, 0.15) is 12.1 Å². The van der Waals surface area contributed by atoms with E-state index in [2.05, 4.69) is 27.9 Å². The molecule has 118 valence electrons. The molecule has 0 amide bonds. The third-order valence-corrected chi connectivity index (χ3v) is 5.11. The van der Waals surface area contributed by atoms with E-state index in [0.717, 1.165) is 49.4 Å². The third kappa shape index (κ3) is 2.43. The number of nitrogens with zero attached hydrogens (tertiary/aromatic N) is 3. The van der Waals surface area contributed by atoms with Crippen molar-refractivity contribution >= 4 is 11.4 Å². The Hall–Kier alpha value is -2.20. The zero-order chi connectivity index (χ0) is 15.9. The van der Waals surface area contributed by atoms with Gasteiger partial charge in [-0.05, 0) is 37.3 Å². The van der Waals surface area contributed by atoms with Gasteiger partial charge in [0.2, 0.25) is 0 Å². The molecule has 1 saturated heterocycles. The minimum Gasteiger partial charge on any atom is -0.385 e. The first kappa shape index (κ1) is 14.4. The second kappa shape index (κ2) is 5.46. The molecule has 4 nitrogen and oxygen atoms in total. The van der Waals surface area contributed by atoms with Gasteiger partial charge in [-0.3, -0.25) is 0 Å². The summed E-state index contributed by atoms with van der Waals surface area (Å²) in [5, 5.41) is 11.0. The molecule has 1 aromatic carbocycles. The van der Waals surface area contributed by atoms with E-state index in [1.165, 1.54) is 11.1 Å². The number of anilines is 1. The van der Waals surface area contributed by atoms with Crippen LogP contribution < -0.4 is 4.90 Å². The molecule has 1 aliphatic carbocycles. The fourth-order valence-corrected chi connectivity index (χ4v) is 3.68. The van der Waals surface area contributed by atoms with Crippen molar-refractivity contribution in [3.05, 3.63) is 59.6 Å². The van der Waals surface area contributed by atoms with Crippen molar-refractivity contribution in [2.24, 2.45) is 0 Å². The van der Waals surface area contributed by atoms with Crippen molar-refractivity contribution in [3.63, 3.8) is 0 Å². The standard InChI is InChI=1S/C19H21N3O/c1-14-7-8-16-17(14)20-13-21-18(16)22-11-9-19(23,10-12-22)15-5-3-2-4-6-15/h2-7,13,23H,8-12H2,1H3. The molecule has 2 aliphatic rings. The minimum absolute atomic E-state index is 0.720. The van der Waals surface area contributed by atoms with Crippen LogP contribution in [0, 0.1) is 0 Å². The molecule has 0 unspecified atom stereocenters. The van der Waals surface area contributed by atoms with Crippen molar-refractivity contribution in [1.82, 2.24) is 9.97 Å². The van der Waals surface area contributed by atoms with Gasteiger partial charge in [-0.25, -0.2) is 9.97 Å². The van der Waals surface area contributed by atoms with E-state index in [9.17, 15) is 5.11 Å². The Morgan fingerprint density at radius 1 is 1.09 bits per heavy atom. The maximum absolute atomic E-state index is 11.0. The van der Waals surface area contributed by atoms with E-state index in [0.29, 0.717) is 0 Å². The number of fused-ring (bicyclic) bond motifs is 1. The summed E-state index contributed by atoms with van der Waals surface area (Å²) in [5.41, 5.74) is 3.85. The van der Waals surface area contributed by atoms with E-state index >= 15 is 0 Å². The van der Waals surface area contributed by atoms with E-state index in [1.807, 2.05) is 30.3 Å². The fourth-order valence-electron chi connectivity index (χ4n) is 3.68. The first-order chi connectivity index (χ1) is 11.2. The maximum Gasteiger partial charge on any atom is 0.136 e. The van der Waals surface area contributed by atoms with Crippen molar-refractivity contribution in [1.29, 1.82) is 0 Å². The van der Waals surface area contributed by atoms with Crippen LogP contribution >= 0.6 is 0 Å². The Balaban J connectivity index is 1.55. The van der Waals surface area contributed by atoms with Crippen LogP contribution in [0.4, 0.5) is 5.82 Å². The van der Waals surface area contributed by atoms with Crippen LogP contribution in [-0.4, -0.2) is 28.2 Å². The van der Waals surface area contributed by atoms with Gasteiger partial charge in [0, 0.05) is 18.7 Å². The lowest BCUT2D eigenvalue weighted by atomic mass is 9.84. The second-order valence-electron chi connectivity index (χ2n) is 6.50. The smallest absolute Gasteiger partial charge is 0.136 e. The van der Waals surface area contributed by atoms with Gasteiger partial charge in [0.05, 0.1) is 11.3 Å². The highest BCUT2D eigenvalue weighted by Gasteiger charge is 2.35. The maximum atomic E-state index is 11.0. The Labute approximate surface area is 136 Å². The van der Waals surface area contributed by atoms with E-state index < -0.39 is 5.60 Å². The Morgan fingerprint density at radius 2 is 1.83 bits per heavy atom. The highest BCUT2D eigenvalue weighted by Crippen LogP contribution is 2.37. The number of allylic oxidation sites excluding steroid dienone is 2. The summed E-state index contributed by atoms with van der Waals surface area (Å²) in [4.78, 5) is 11.2. The van der Waals surface area contributed by atoms with Gasteiger partial charge in [-0.15, -0.1) is 0 Å². The molecular formula is C19H21N3O. The van der Waals surface area contributed by atoms with Crippen molar-refractivity contribution in [3.8, 4) is 0 Å². The summed E-state index contributed by atoms with van der Waals surface area (Å²) in [7, 11) is 0. The average Bonchev–Trinajstić information content (AvgIpc) is 2.98. The SMILES string of the molecule is CC1=CCc2c1ncnc2N1CCC(O)(c2ccccc2)CC1. The summed E-state index contributed by atoms with van der Waals surface area (Å²) >= 11 is 0. The predicted octanol–water partition coefficient (Wildman–Crippen LogP) is 2.92. The van der Waals surface area contributed by atoms with Crippen LogP contribution in [0.3, 0.4) is 0 Å². The van der Waals surface area contributed by atoms with Gasteiger partial charge in [-0.1, -0.05) is 36.4 Å². The first-order valence-electron chi connectivity index (χ1n) is 8.21. The van der Waals surface area contributed by atoms with Gasteiger partial charge in [-0.2, -0.15) is 0 Å². The van der Waals surface area contributed by atoms with E-state index in [1.54, 1.807) is 6.33 Å². The van der Waals surface area contributed by atoms with Crippen LogP contribution in [0.1, 0.15) is 36.6 Å². The van der Waals surface area contributed by atoms with Gasteiger partial charge in [0.15, 0.2) is 0 Å². The molecule has 0 bridgehead atoms. The molecule has 23 heavy (non-hydrogen) atoms. The molecule has 2 aromatic rings. The molecule has 4 rings (SSSR count). The molecule has 1 fully saturated rings. The Morgan fingerprint density at radius 3 is 2.57 bits per heavy atom. The highest BCUT2D eigenvalue weighted by atomic mass is 16.3. The molecule has 0 radical (unpaired) electrons. The van der Waals surface area contributed by atoms with E-state index in [-0.39, 0.29) is 0 Å². The van der Waals surface area contributed by atoms with Gasteiger partial charge < -0.3 is 10.0 Å². The number of hydrogen-bond acceptors (Lipinski definition) is 4. The van der Waals surface area contributed by atoms with Crippen molar-refractivity contribution in [2.45, 2.75) is 31.8 Å². The highest BCUT2D eigenvalue weighted by molar-refractivity contribution is 5.73. The zero-order valence-corrected chi connectivity index (χ0v) is 13.4. The van der Waals surface area contributed by atoms with Crippen LogP contribution in [0.15, 0.2) is 42.7 Å². The summed E-state index contributed by atoms with van der Waals surface area (Å²) in [6.45, 7) is 3.73. The predicted molar refractivity (Wildman–Crippen MR) is 91.2 cm³/mol. The molecule has 1 N–H and O–H groups in total. The number of benzene rings is 1. The lowest BCUT2D eigenvalue weighted by Gasteiger charge is -2.39. The molecular weight excluding hydrogens is 286 g/mol. The molecule has 4 heteroatoms. The van der Waals surface area contributed by atoms with Gasteiger partial charge in [0.25, 0.3) is 0 Å². The first-order valence-corrected chi connectivity index (χ1v) is 8.21. The van der Waals surface area contributed by atoms with Crippen LogP contribution in [0.5, 0.6) is 0 Å². The number of rotatable bonds is 2. The normalized spacial score (nSPS) is 19.4. The number of hydrogen-bond donors (Lipinski definition) is 1. The quantitative estimate of drug-likeness (QED) is 0.927. The van der Waals surface area contributed by atoms with E-state index in [4.69, 9.17) is 0 Å². The number of piperidine rings is 1. The number of aromatic nitrogens is 2.